The van der Waals surface area contributed by atoms with E-state index < -0.39 is 23.0 Å². The number of H-pyrrole nitrogens is 1. The zero-order valence-electron chi connectivity index (χ0n) is 10.0. The van der Waals surface area contributed by atoms with Gasteiger partial charge in [-0.15, -0.1) is 0 Å². The van der Waals surface area contributed by atoms with Crippen molar-refractivity contribution < 1.29 is 19.4 Å². The van der Waals surface area contributed by atoms with Gasteiger partial charge in [-0.05, 0) is 0 Å². The number of amides is 1. The number of rotatable bonds is 3. The first-order chi connectivity index (χ1) is 9.03. The Balaban J connectivity index is 2.17. The molecule has 1 aliphatic rings. The van der Waals surface area contributed by atoms with E-state index in [4.69, 9.17) is 4.74 Å². The van der Waals surface area contributed by atoms with E-state index in [-0.39, 0.29) is 31.7 Å². The molecule has 0 unspecified atom stereocenters. The number of aromatic nitrogens is 2. The van der Waals surface area contributed by atoms with Crippen LogP contribution >= 0.6 is 0 Å². The molecular formula is C11H13N3O5. The molecule has 19 heavy (non-hydrogen) atoms. The second kappa shape index (κ2) is 5.19. The van der Waals surface area contributed by atoms with Gasteiger partial charge < -0.3 is 20.1 Å². The van der Waals surface area contributed by atoms with Crippen molar-refractivity contribution in [2.24, 2.45) is 0 Å². The standard InChI is InChI=1S/C11H13N3O5/c15-8-6-12-7(5-13-8)9(16)14-11(10(17)18)1-3-19-4-2-11/h5-6H,1-4H2,(H,13,15)(H,14,16)(H,17,18). The fraction of sp³-hybridized carbons (Fsp3) is 0.455. The molecule has 1 aliphatic heterocycles. The van der Waals surface area contributed by atoms with E-state index in [1.54, 1.807) is 0 Å². The van der Waals surface area contributed by atoms with Gasteiger partial charge in [0.2, 0.25) is 0 Å². The van der Waals surface area contributed by atoms with Gasteiger partial charge in [0, 0.05) is 32.3 Å². The number of carboxylic acids is 1. The number of carbonyl (C=O) groups is 2. The van der Waals surface area contributed by atoms with Crippen molar-refractivity contribution in [1.29, 1.82) is 0 Å². The van der Waals surface area contributed by atoms with E-state index in [1.165, 1.54) is 0 Å². The fourth-order valence-corrected chi connectivity index (χ4v) is 1.86. The van der Waals surface area contributed by atoms with Crippen LogP contribution in [0.25, 0.3) is 0 Å². The zero-order chi connectivity index (χ0) is 13.9. The topological polar surface area (TPSA) is 121 Å². The van der Waals surface area contributed by atoms with E-state index in [1.807, 2.05) is 0 Å². The third kappa shape index (κ3) is 2.79. The smallest absolute Gasteiger partial charge is 0.329 e. The molecule has 1 amide bonds. The van der Waals surface area contributed by atoms with E-state index >= 15 is 0 Å². The van der Waals surface area contributed by atoms with Gasteiger partial charge in [0.1, 0.15) is 11.2 Å². The Labute approximate surface area is 107 Å². The summed E-state index contributed by atoms with van der Waals surface area (Å²) >= 11 is 0. The van der Waals surface area contributed by atoms with Crippen LogP contribution in [-0.2, 0) is 9.53 Å². The molecule has 0 atom stereocenters. The molecule has 1 fully saturated rings. The van der Waals surface area contributed by atoms with Crippen LogP contribution in [0, 0.1) is 0 Å². The zero-order valence-corrected chi connectivity index (χ0v) is 10.0. The van der Waals surface area contributed by atoms with E-state index in [0.29, 0.717) is 0 Å². The van der Waals surface area contributed by atoms with Gasteiger partial charge in [-0.3, -0.25) is 9.59 Å². The number of carboxylic acid groups (broad SMARTS) is 1. The number of hydrogen-bond donors (Lipinski definition) is 3. The third-order valence-corrected chi connectivity index (χ3v) is 3.01. The molecule has 0 spiro atoms. The van der Waals surface area contributed by atoms with Crippen LogP contribution in [0.4, 0.5) is 0 Å². The fourth-order valence-electron chi connectivity index (χ4n) is 1.86. The summed E-state index contributed by atoms with van der Waals surface area (Å²) in [5.74, 6) is -1.74. The van der Waals surface area contributed by atoms with Crippen molar-refractivity contribution in [2.45, 2.75) is 18.4 Å². The van der Waals surface area contributed by atoms with Crippen LogP contribution in [0.2, 0.25) is 0 Å². The Kier molecular flexibility index (Phi) is 3.61. The molecule has 102 valence electrons. The molecule has 3 N–H and O–H groups in total. The Morgan fingerprint density at radius 1 is 1.42 bits per heavy atom. The predicted octanol–water partition coefficient (Wildman–Crippen LogP) is -0.867. The molecule has 1 aromatic rings. The normalized spacial score (nSPS) is 17.7. The lowest BCUT2D eigenvalue weighted by atomic mass is 9.90. The first-order valence-electron chi connectivity index (χ1n) is 5.72. The summed E-state index contributed by atoms with van der Waals surface area (Å²) in [6, 6.07) is 0. The predicted molar refractivity (Wildman–Crippen MR) is 62.7 cm³/mol. The number of aromatic amines is 1. The van der Waals surface area contributed by atoms with Crippen molar-refractivity contribution in [3.05, 3.63) is 28.4 Å². The van der Waals surface area contributed by atoms with Crippen LogP contribution < -0.4 is 10.9 Å². The van der Waals surface area contributed by atoms with E-state index in [2.05, 4.69) is 15.3 Å². The van der Waals surface area contributed by atoms with Gasteiger partial charge in [-0.1, -0.05) is 0 Å². The van der Waals surface area contributed by atoms with Gasteiger partial charge in [-0.2, -0.15) is 0 Å². The molecular weight excluding hydrogens is 254 g/mol. The highest BCUT2D eigenvalue weighted by Crippen LogP contribution is 2.21. The lowest BCUT2D eigenvalue weighted by molar-refractivity contribution is -0.148. The summed E-state index contributed by atoms with van der Waals surface area (Å²) in [5.41, 5.74) is -1.81. The van der Waals surface area contributed by atoms with Crippen LogP contribution in [-0.4, -0.2) is 45.7 Å². The maximum absolute atomic E-state index is 11.9. The molecule has 0 radical (unpaired) electrons. The first kappa shape index (κ1) is 13.2. The molecule has 8 nitrogen and oxygen atoms in total. The Morgan fingerprint density at radius 2 is 2.11 bits per heavy atom. The molecule has 8 heteroatoms. The summed E-state index contributed by atoms with van der Waals surface area (Å²) in [6.45, 7) is 0.539. The van der Waals surface area contributed by atoms with E-state index in [0.717, 1.165) is 12.4 Å². The number of nitrogens with one attached hydrogen (secondary N) is 2. The summed E-state index contributed by atoms with van der Waals surface area (Å²) in [5, 5.41) is 11.7. The lowest BCUT2D eigenvalue weighted by Gasteiger charge is -2.33. The van der Waals surface area contributed by atoms with Crippen molar-refractivity contribution in [2.75, 3.05) is 13.2 Å². The van der Waals surface area contributed by atoms with Crippen molar-refractivity contribution in [3.8, 4) is 0 Å². The molecule has 0 aromatic carbocycles. The highest BCUT2D eigenvalue weighted by atomic mass is 16.5. The summed E-state index contributed by atoms with van der Waals surface area (Å²) in [4.78, 5) is 40.1. The molecule has 2 rings (SSSR count). The highest BCUT2D eigenvalue weighted by molar-refractivity contribution is 5.96. The van der Waals surface area contributed by atoms with Crippen LogP contribution in [0.5, 0.6) is 0 Å². The minimum Gasteiger partial charge on any atom is -0.480 e. The van der Waals surface area contributed by atoms with Crippen LogP contribution in [0.15, 0.2) is 17.2 Å². The minimum absolute atomic E-state index is 0.0354. The molecule has 1 saturated heterocycles. The van der Waals surface area contributed by atoms with Crippen LogP contribution in [0.3, 0.4) is 0 Å². The van der Waals surface area contributed by atoms with Gasteiger partial charge in [0.25, 0.3) is 11.5 Å². The van der Waals surface area contributed by atoms with Gasteiger partial charge in [0.15, 0.2) is 0 Å². The highest BCUT2D eigenvalue weighted by Gasteiger charge is 2.41. The largest absolute Gasteiger partial charge is 0.480 e. The Bertz CT molecular complexity index is 527. The van der Waals surface area contributed by atoms with Crippen molar-refractivity contribution in [1.82, 2.24) is 15.3 Å². The maximum atomic E-state index is 11.9. The number of hydrogen-bond acceptors (Lipinski definition) is 5. The Hall–Kier alpha value is -2.22. The van der Waals surface area contributed by atoms with Gasteiger partial charge in [0.05, 0.1) is 6.20 Å². The number of carbonyl (C=O) groups excluding carboxylic acids is 1. The van der Waals surface area contributed by atoms with Gasteiger partial charge in [-0.25, -0.2) is 9.78 Å². The third-order valence-electron chi connectivity index (χ3n) is 3.01. The number of ether oxygens (including phenoxy) is 1. The number of nitrogens with zero attached hydrogens (tertiary/aromatic N) is 1. The summed E-state index contributed by atoms with van der Waals surface area (Å²) < 4.78 is 5.10. The molecule has 0 bridgehead atoms. The average Bonchev–Trinajstić information content (AvgIpc) is 2.40. The van der Waals surface area contributed by atoms with E-state index in [9.17, 15) is 19.5 Å². The first-order valence-corrected chi connectivity index (χ1v) is 5.72. The Morgan fingerprint density at radius 3 is 2.63 bits per heavy atom. The monoisotopic (exact) mass is 267 g/mol. The van der Waals surface area contributed by atoms with Crippen LogP contribution in [0.1, 0.15) is 23.3 Å². The molecule has 2 heterocycles. The molecule has 1 aromatic heterocycles. The average molecular weight is 267 g/mol. The van der Waals surface area contributed by atoms with Crippen molar-refractivity contribution >= 4 is 11.9 Å². The number of aliphatic carboxylic acids is 1. The molecule has 0 saturated carbocycles. The quantitative estimate of drug-likeness (QED) is 0.654. The SMILES string of the molecule is O=C(NC1(C(=O)O)CCOCC1)c1c[nH]c(=O)cn1. The summed E-state index contributed by atoms with van der Waals surface area (Å²) in [7, 11) is 0. The van der Waals surface area contributed by atoms with Crippen molar-refractivity contribution in [3.63, 3.8) is 0 Å². The maximum Gasteiger partial charge on any atom is 0.329 e. The second-order valence-corrected chi connectivity index (χ2v) is 4.25. The second-order valence-electron chi connectivity index (χ2n) is 4.25. The van der Waals surface area contributed by atoms with Gasteiger partial charge >= 0.3 is 5.97 Å². The minimum atomic E-state index is -1.34. The molecule has 0 aliphatic carbocycles. The lowest BCUT2D eigenvalue weighted by Crippen LogP contribution is -2.57. The summed E-state index contributed by atoms with van der Waals surface area (Å²) in [6.07, 6.45) is 2.49.